The van der Waals surface area contributed by atoms with Gasteiger partial charge in [0.2, 0.25) is 17.7 Å². The van der Waals surface area contributed by atoms with Crippen molar-refractivity contribution in [2.75, 3.05) is 25.5 Å². The highest BCUT2D eigenvalue weighted by Gasteiger charge is 2.48. The third-order valence-electron chi connectivity index (χ3n) is 7.11. The number of carbonyl (C=O) groups is 1. The molecule has 0 bridgehead atoms. The summed E-state index contributed by atoms with van der Waals surface area (Å²) in [6.07, 6.45) is 9.07. The van der Waals surface area contributed by atoms with E-state index in [1.165, 1.54) is 0 Å². The lowest BCUT2D eigenvalue weighted by molar-refractivity contribution is -0.145. The molecule has 0 radical (unpaired) electrons. The van der Waals surface area contributed by atoms with E-state index in [2.05, 4.69) is 32.2 Å². The predicted molar refractivity (Wildman–Crippen MR) is 130 cm³/mol. The number of methoxy groups -OCH3 is 1. The number of likely N-dealkylation sites (tertiary alicyclic amines) is 1. The third-order valence-corrected chi connectivity index (χ3v) is 7.11. The second-order valence-corrected chi connectivity index (χ2v) is 9.55. The van der Waals surface area contributed by atoms with Crippen molar-refractivity contribution in [2.24, 2.45) is 5.41 Å². The molecule has 34 heavy (non-hydrogen) atoms. The van der Waals surface area contributed by atoms with E-state index in [0.29, 0.717) is 17.5 Å². The summed E-state index contributed by atoms with van der Waals surface area (Å²) in [5.74, 6) is 1.28. The molecule has 1 aliphatic heterocycles. The highest BCUT2D eigenvalue weighted by atomic mass is 16.5. The standard InChI is InChI=1S/C25H27N7O2/c1-25(23(33)32-9-3-4-10-32)12-16(13-25)29-24-30-21-20(22(31-24)34-2)17(14-28-21)15-5-6-18-19(11-15)27-8-7-26-18/h5-8,11,14,16H,3-4,9-10,12-13H2,1-2H3,(H2,28,29,30,31)/t16-,25+. The van der Waals surface area contributed by atoms with Crippen molar-refractivity contribution >= 4 is 33.9 Å². The number of carbonyl (C=O) groups excluding carboxylic acids is 1. The minimum atomic E-state index is -0.297. The molecule has 0 spiro atoms. The van der Waals surface area contributed by atoms with Gasteiger partial charge in [-0.15, -0.1) is 0 Å². The Bertz CT molecular complexity index is 1390. The first-order valence-electron chi connectivity index (χ1n) is 11.7. The van der Waals surface area contributed by atoms with Crippen LogP contribution in [-0.2, 0) is 4.79 Å². The second-order valence-electron chi connectivity index (χ2n) is 9.55. The van der Waals surface area contributed by atoms with Crippen LogP contribution >= 0.6 is 0 Å². The molecule has 3 aromatic heterocycles. The van der Waals surface area contributed by atoms with E-state index in [9.17, 15) is 4.79 Å². The van der Waals surface area contributed by atoms with Gasteiger partial charge in [-0.3, -0.25) is 14.8 Å². The van der Waals surface area contributed by atoms with Crippen molar-refractivity contribution in [2.45, 2.75) is 38.6 Å². The number of aromatic amines is 1. The number of nitrogens with zero attached hydrogens (tertiary/aromatic N) is 5. The molecule has 0 unspecified atom stereocenters. The summed E-state index contributed by atoms with van der Waals surface area (Å²) in [4.78, 5) is 36.3. The third kappa shape index (κ3) is 3.43. The molecule has 1 amide bonds. The lowest BCUT2D eigenvalue weighted by Crippen LogP contribution is -2.53. The van der Waals surface area contributed by atoms with E-state index in [4.69, 9.17) is 9.72 Å². The van der Waals surface area contributed by atoms with Gasteiger partial charge in [-0.25, -0.2) is 0 Å². The molecule has 2 fully saturated rings. The number of rotatable bonds is 5. The van der Waals surface area contributed by atoms with Crippen LogP contribution in [0.15, 0.2) is 36.8 Å². The quantitative estimate of drug-likeness (QED) is 0.469. The van der Waals surface area contributed by atoms with Gasteiger partial charge in [-0.1, -0.05) is 13.0 Å². The first-order valence-corrected chi connectivity index (χ1v) is 11.7. The van der Waals surface area contributed by atoms with Crippen LogP contribution in [-0.4, -0.2) is 62.0 Å². The maximum atomic E-state index is 12.9. The summed E-state index contributed by atoms with van der Waals surface area (Å²) in [5.41, 5.74) is 3.99. The summed E-state index contributed by atoms with van der Waals surface area (Å²) in [7, 11) is 1.61. The molecule has 9 heteroatoms. The van der Waals surface area contributed by atoms with E-state index in [1.54, 1.807) is 19.5 Å². The van der Waals surface area contributed by atoms with Crippen molar-refractivity contribution in [1.29, 1.82) is 0 Å². The van der Waals surface area contributed by atoms with Gasteiger partial charge in [0.15, 0.2) is 0 Å². The summed E-state index contributed by atoms with van der Waals surface area (Å²) in [6.45, 7) is 3.85. The molecule has 0 atom stereocenters. The molecule has 2 aliphatic rings. The number of hydrogen-bond donors (Lipinski definition) is 2. The van der Waals surface area contributed by atoms with Crippen LogP contribution in [0.2, 0.25) is 0 Å². The number of fused-ring (bicyclic) bond motifs is 2. The van der Waals surface area contributed by atoms with E-state index >= 15 is 0 Å². The van der Waals surface area contributed by atoms with Gasteiger partial charge in [0.1, 0.15) is 5.65 Å². The Kier molecular flexibility index (Phi) is 4.86. The van der Waals surface area contributed by atoms with Crippen molar-refractivity contribution in [3.05, 3.63) is 36.8 Å². The van der Waals surface area contributed by atoms with E-state index in [1.807, 2.05) is 29.3 Å². The van der Waals surface area contributed by atoms with Crippen LogP contribution in [0.1, 0.15) is 32.6 Å². The van der Waals surface area contributed by atoms with E-state index in [0.717, 1.165) is 66.3 Å². The van der Waals surface area contributed by atoms with E-state index in [-0.39, 0.29) is 17.4 Å². The largest absolute Gasteiger partial charge is 0.480 e. The Balaban J connectivity index is 1.25. The SMILES string of the molecule is COc1nc(N[C@H]2C[C@@](C)(C(=O)N3CCCC3)C2)nc2[nH]cc(-c3ccc4nccnc4c3)c12. The van der Waals surface area contributed by atoms with Gasteiger partial charge >= 0.3 is 0 Å². The molecule has 4 aromatic rings. The van der Waals surface area contributed by atoms with Crippen molar-refractivity contribution in [3.8, 4) is 17.0 Å². The van der Waals surface area contributed by atoms with Crippen LogP contribution in [0.5, 0.6) is 5.88 Å². The van der Waals surface area contributed by atoms with Crippen LogP contribution < -0.4 is 10.1 Å². The zero-order valence-electron chi connectivity index (χ0n) is 19.3. The highest BCUT2D eigenvalue weighted by Crippen LogP contribution is 2.44. The molecule has 6 rings (SSSR count). The van der Waals surface area contributed by atoms with Crippen molar-refractivity contribution < 1.29 is 9.53 Å². The molecule has 2 N–H and O–H groups in total. The van der Waals surface area contributed by atoms with Crippen molar-refractivity contribution in [3.63, 3.8) is 0 Å². The topological polar surface area (TPSA) is 109 Å². The maximum absolute atomic E-state index is 12.9. The lowest BCUT2D eigenvalue weighted by atomic mass is 9.66. The minimum absolute atomic E-state index is 0.159. The van der Waals surface area contributed by atoms with Crippen LogP contribution in [0.25, 0.3) is 33.2 Å². The Morgan fingerprint density at radius 1 is 1.15 bits per heavy atom. The molecular weight excluding hydrogens is 430 g/mol. The van der Waals surface area contributed by atoms with Crippen LogP contribution in [0.3, 0.4) is 0 Å². The fourth-order valence-electron chi connectivity index (χ4n) is 5.36. The zero-order chi connectivity index (χ0) is 23.3. The molecule has 1 aromatic carbocycles. The number of ether oxygens (including phenoxy) is 1. The van der Waals surface area contributed by atoms with Gasteiger partial charge in [-0.2, -0.15) is 9.97 Å². The molecular formula is C25H27N7O2. The van der Waals surface area contributed by atoms with Gasteiger partial charge < -0.3 is 19.9 Å². The predicted octanol–water partition coefficient (Wildman–Crippen LogP) is 3.78. The second kappa shape index (κ2) is 7.93. The van der Waals surface area contributed by atoms with Gasteiger partial charge in [0.25, 0.3) is 0 Å². The fraction of sp³-hybridized carbons (Fsp3) is 0.400. The number of nitrogens with one attached hydrogen (secondary N) is 2. The Morgan fingerprint density at radius 2 is 1.91 bits per heavy atom. The Labute approximate surface area is 197 Å². The van der Waals surface area contributed by atoms with Gasteiger partial charge in [0.05, 0.1) is 28.9 Å². The first-order chi connectivity index (χ1) is 16.5. The zero-order valence-corrected chi connectivity index (χ0v) is 19.3. The van der Waals surface area contributed by atoms with Crippen LogP contribution in [0.4, 0.5) is 5.95 Å². The Hall–Kier alpha value is -3.75. The normalized spacial score (nSPS) is 22.2. The summed E-state index contributed by atoms with van der Waals surface area (Å²) in [6, 6.07) is 6.13. The number of aromatic nitrogens is 5. The maximum Gasteiger partial charge on any atom is 0.228 e. The average molecular weight is 458 g/mol. The van der Waals surface area contributed by atoms with E-state index < -0.39 is 0 Å². The molecule has 1 saturated carbocycles. The molecule has 1 aliphatic carbocycles. The molecule has 174 valence electrons. The van der Waals surface area contributed by atoms with Crippen LogP contribution in [0, 0.1) is 5.41 Å². The summed E-state index contributed by atoms with van der Waals surface area (Å²) >= 11 is 0. The molecule has 9 nitrogen and oxygen atoms in total. The molecule has 1 saturated heterocycles. The lowest BCUT2D eigenvalue weighted by Gasteiger charge is -2.45. The summed E-state index contributed by atoms with van der Waals surface area (Å²) in [5, 5.41) is 4.23. The highest BCUT2D eigenvalue weighted by molar-refractivity contribution is 5.99. The monoisotopic (exact) mass is 457 g/mol. The number of benzene rings is 1. The van der Waals surface area contributed by atoms with Gasteiger partial charge in [0, 0.05) is 43.3 Å². The number of anilines is 1. The Morgan fingerprint density at radius 3 is 2.68 bits per heavy atom. The van der Waals surface area contributed by atoms with Crippen molar-refractivity contribution in [1.82, 2.24) is 29.8 Å². The fourth-order valence-corrected chi connectivity index (χ4v) is 5.36. The smallest absolute Gasteiger partial charge is 0.228 e. The molecule has 4 heterocycles. The minimum Gasteiger partial charge on any atom is -0.480 e. The average Bonchev–Trinajstić information content (AvgIpc) is 3.52. The van der Waals surface area contributed by atoms with Gasteiger partial charge in [-0.05, 0) is 43.4 Å². The number of hydrogen-bond acceptors (Lipinski definition) is 7. The summed E-state index contributed by atoms with van der Waals surface area (Å²) < 4.78 is 5.66. The number of H-pyrrole nitrogens is 1. The first kappa shape index (κ1) is 20.8. The number of amides is 1.